The van der Waals surface area contributed by atoms with Crippen LogP contribution in [0, 0.1) is 0 Å². The highest BCUT2D eigenvalue weighted by Crippen LogP contribution is 2.33. The van der Waals surface area contributed by atoms with Crippen LogP contribution in [0.25, 0.3) is 0 Å². The zero-order valence-corrected chi connectivity index (χ0v) is 9.13. The molecule has 0 fully saturated rings. The summed E-state index contributed by atoms with van der Waals surface area (Å²) in [6, 6.07) is 7.07. The van der Waals surface area contributed by atoms with Gasteiger partial charge in [-0.2, -0.15) is 0 Å². The molecular formula is C12H17FO. The first-order valence-corrected chi connectivity index (χ1v) is 4.74. The molecule has 0 aromatic heterocycles. The van der Waals surface area contributed by atoms with Gasteiger partial charge in [-0.05, 0) is 38.8 Å². The molecule has 1 aromatic rings. The van der Waals surface area contributed by atoms with Crippen molar-refractivity contribution in [3.63, 3.8) is 0 Å². The topological polar surface area (TPSA) is 20.2 Å². The second-order valence-electron chi connectivity index (χ2n) is 4.58. The molecule has 1 aromatic carbocycles. The molecule has 1 rings (SSSR count). The van der Waals surface area contributed by atoms with E-state index in [1.165, 1.54) is 13.8 Å². The van der Waals surface area contributed by atoms with Crippen LogP contribution in [0.4, 0.5) is 4.39 Å². The van der Waals surface area contributed by atoms with Crippen LogP contribution >= 0.6 is 0 Å². The molecule has 0 bridgehead atoms. The van der Waals surface area contributed by atoms with Gasteiger partial charge in [0, 0.05) is 0 Å². The molecule has 0 aliphatic carbocycles. The summed E-state index contributed by atoms with van der Waals surface area (Å²) in [4.78, 5) is 0. The quantitative estimate of drug-likeness (QED) is 0.770. The summed E-state index contributed by atoms with van der Waals surface area (Å²) in [5.74, 6) is 0. The van der Waals surface area contributed by atoms with Crippen LogP contribution < -0.4 is 0 Å². The van der Waals surface area contributed by atoms with Crippen LogP contribution in [0.2, 0.25) is 0 Å². The fourth-order valence-electron chi connectivity index (χ4n) is 1.54. The van der Waals surface area contributed by atoms with Gasteiger partial charge in [-0.25, -0.2) is 4.39 Å². The van der Waals surface area contributed by atoms with Crippen molar-refractivity contribution in [1.82, 2.24) is 0 Å². The standard InChI is InChI=1S/C12H17FO/c1-11(2,13)9-7-5-6-8-10(9)12(3,4)14/h5-8,14H,1-4H3. The molecule has 0 radical (unpaired) electrons. The molecule has 1 nitrogen and oxygen atoms in total. The van der Waals surface area contributed by atoms with Crippen LogP contribution in [0.3, 0.4) is 0 Å². The maximum absolute atomic E-state index is 13.8. The van der Waals surface area contributed by atoms with Crippen molar-refractivity contribution in [2.24, 2.45) is 0 Å². The number of aliphatic hydroxyl groups is 1. The second-order valence-corrected chi connectivity index (χ2v) is 4.58. The normalized spacial score (nSPS) is 13.0. The molecule has 0 atom stereocenters. The van der Waals surface area contributed by atoms with E-state index in [9.17, 15) is 9.50 Å². The largest absolute Gasteiger partial charge is 0.386 e. The Bertz CT molecular complexity index is 285. The van der Waals surface area contributed by atoms with Crippen LogP contribution in [-0.4, -0.2) is 5.11 Å². The molecule has 0 spiro atoms. The SMILES string of the molecule is CC(C)(O)c1ccccc1C(C)(C)F. The van der Waals surface area contributed by atoms with E-state index in [-0.39, 0.29) is 0 Å². The number of hydrogen-bond donors (Lipinski definition) is 1. The molecule has 0 aliphatic rings. The minimum Gasteiger partial charge on any atom is -0.386 e. The Kier molecular flexibility index (Phi) is 2.68. The molecule has 14 heavy (non-hydrogen) atoms. The van der Waals surface area contributed by atoms with E-state index >= 15 is 0 Å². The summed E-state index contributed by atoms with van der Waals surface area (Å²) in [5, 5.41) is 9.87. The average molecular weight is 196 g/mol. The number of halogens is 1. The van der Waals surface area contributed by atoms with Gasteiger partial charge in [0.2, 0.25) is 0 Å². The van der Waals surface area contributed by atoms with Crippen molar-refractivity contribution in [3.8, 4) is 0 Å². The molecule has 0 saturated heterocycles. The molecule has 0 amide bonds. The van der Waals surface area contributed by atoms with Gasteiger partial charge in [0.15, 0.2) is 0 Å². The van der Waals surface area contributed by atoms with Crippen molar-refractivity contribution >= 4 is 0 Å². The van der Waals surface area contributed by atoms with Gasteiger partial charge in [-0.15, -0.1) is 0 Å². The lowest BCUT2D eigenvalue weighted by Crippen LogP contribution is -2.23. The molecule has 0 saturated carbocycles. The van der Waals surface area contributed by atoms with E-state index < -0.39 is 11.3 Å². The molecule has 0 heterocycles. The maximum atomic E-state index is 13.8. The Balaban J connectivity index is 3.31. The van der Waals surface area contributed by atoms with Gasteiger partial charge < -0.3 is 5.11 Å². The van der Waals surface area contributed by atoms with Crippen molar-refractivity contribution < 1.29 is 9.50 Å². The number of rotatable bonds is 2. The van der Waals surface area contributed by atoms with Crippen LogP contribution in [0.15, 0.2) is 24.3 Å². The average Bonchev–Trinajstić information content (AvgIpc) is 2.01. The number of alkyl halides is 1. The summed E-state index contributed by atoms with van der Waals surface area (Å²) < 4.78 is 13.8. The molecule has 0 aliphatic heterocycles. The van der Waals surface area contributed by atoms with Gasteiger partial charge in [0.05, 0.1) is 5.60 Å². The summed E-state index contributed by atoms with van der Waals surface area (Å²) in [5.41, 5.74) is -1.23. The third-order valence-corrected chi connectivity index (χ3v) is 2.23. The predicted molar refractivity (Wildman–Crippen MR) is 55.8 cm³/mol. The Morgan fingerprint density at radius 1 is 1.00 bits per heavy atom. The summed E-state index contributed by atoms with van der Waals surface area (Å²) in [7, 11) is 0. The van der Waals surface area contributed by atoms with Crippen molar-refractivity contribution in [2.75, 3.05) is 0 Å². The zero-order valence-electron chi connectivity index (χ0n) is 9.13. The number of benzene rings is 1. The number of hydrogen-bond acceptors (Lipinski definition) is 1. The van der Waals surface area contributed by atoms with E-state index in [0.717, 1.165) is 0 Å². The molecule has 78 valence electrons. The van der Waals surface area contributed by atoms with E-state index in [1.807, 2.05) is 6.07 Å². The summed E-state index contributed by atoms with van der Waals surface area (Å²) in [6.07, 6.45) is 0. The molecule has 1 N–H and O–H groups in total. The minimum absolute atomic E-state index is 0.549. The van der Waals surface area contributed by atoms with Crippen LogP contribution in [0.1, 0.15) is 38.8 Å². The van der Waals surface area contributed by atoms with Gasteiger partial charge in [0.1, 0.15) is 5.67 Å². The van der Waals surface area contributed by atoms with E-state index in [2.05, 4.69) is 0 Å². The fraction of sp³-hybridized carbons (Fsp3) is 0.500. The van der Waals surface area contributed by atoms with E-state index in [1.54, 1.807) is 32.0 Å². The Hall–Kier alpha value is -0.890. The Morgan fingerprint density at radius 3 is 1.71 bits per heavy atom. The Morgan fingerprint density at radius 2 is 1.43 bits per heavy atom. The lowest BCUT2D eigenvalue weighted by molar-refractivity contribution is 0.0731. The van der Waals surface area contributed by atoms with Crippen molar-refractivity contribution in [3.05, 3.63) is 35.4 Å². The highest BCUT2D eigenvalue weighted by atomic mass is 19.1. The molecule has 2 heteroatoms. The van der Waals surface area contributed by atoms with Gasteiger partial charge in [-0.1, -0.05) is 24.3 Å². The van der Waals surface area contributed by atoms with Crippen molar-refractivity contribution in [1.29, 1.82) is 0 Å². The lowest BCUT2D eigenvalue weighted by atomic mass is 9.86. The first-order valence-electron chi connectivity index (χ1n) is 4.74. The first kappa shape index (κ1) is 11.2. The minimum atomic E-state index is -1.42. The van der Waals surface area contributed by atoms with E-state index in [4.69, 9.17) is 0 Å². The Labute approximate surface area is 84.6 Å². The van der Waals surface area contributed by atoms with E-state index in [0.29, 0.717) is 11.1 Å². The summed E-state index contributed by atoms with van der Waals surface area (Å²) >= 11 is 0. The lowest BCUT2D eigenvalue weighted by Gasteiger charge is -2.26. The fourth-order valence-corrected chi connectivity index (χ4v) is 1.54. The van der Waals surface area contributed by atoms with Crippen molar-refractivity contribution in [2.45, 2.75) is 39.0 Å². The highest BCUT2D eigenvalue weighted by Gasteiger charge is 2.28. The predicted octanol–water partition coefficient (Wildman–Crippen LogP) is 3.12. The summed E-state index contributed by atoms with van der Waals surface area (Å²) in [6.45, 7) is 6.32. The molecule has 0 unspecified atom stereocenters. The van der Waals surface area contributed by atoms with Gasteiger partial charge in [-0.3, -0.25) is 0 Å². The monoisotopic (exact) mass is 196 g/mol. The third kappa shape index (κ3) is 2.32. The third-order valence-electron chi connectivity index (χ3n) is 2.23. The van der Waals surface area contributed by atoms with Crippen LogP contribution in [0.5, 0.6) is 0 Å². The van der Waals surface area contributed by atoms with Gasteiger partial charge >= 0.3 is 0 Å². The first-order chi connectivity index (χ1) is 6.23. The highest BCUT2D eigenvalue weighted by molar-refractivity contribution is 5.35. The van der Waals surface area contributed by atoms with Gasteiger partial charge in [0.25, 0.3) is 0 Å². The maximum Gasteiger partial charge on any atom is 0.130 e. The van der Waals surface area contributed by atoms with Crippen LogP contribution in [-0.2, 0) is 11.3 Å². The second kappa shape index (κ2) is 3.35. The zero-order chi connectivity index (χ0) is 11.0. The smallest absolute Gasteiger partial charge is 0.130 e. The molecular weight excluding hydrogens is 179 g/mol.